The van der Waals surface area contributed by atoms with Crippen LogP contribution >= 0.6 is 11.3 Å². The highest BCUT2D eigenvalue weighted by molar-refractivity contribution is 7.09. The van der Waals surface area contributed by atoms with Crippen LogP contribution in [0.4, 0.5) is 0 Å². The van der Waals surface area contributed by atoms with Gasteiger partial charge in [0, 0.05) is 17.8 Å². The Labute approximate surface area is 163 Å². The monoisotopic (exact) mass is 391 g/mol. The van der Waals surface area contributed by atoms with Gasteiger partial charge in [-0.25, -0.2) is 0 Å². The lowest BCUT2D eigenvalue weighted by atomic mass is 10.2. The molecule has 27 heavy (non-hydrogen) atoms. The van der Waals surface area contributed by atoms with Crippen molar-refractivity contribution >= 4 is 23.2 Å². The third-order valence-corrected chi connectivity index (χ3v) is 4.91. The van der Waals surface area contributed by atoms with E-state index in [1.54, 1.807) is 44.6 Å². The number of carbonyl (C=O) groups is 2. The maximum Gasteiger partial charge on any atom is 0.306 e. The van der Waals surface area contributed by atoms with E-state index in [4.69, 9.17) is 14.2 Å². The summed E-state index contributed by atoms with van der Waals surface area (Å²) in [7, 11) is 3.12. The molecule has 1 atom stereocenters. The van der Waals surface area contributed by atoms with Crippen LogP contribution in [0.3, 0.4) is 0 Å². The van der Waals surface area contributed by atoms with E-state index in [1.807, 2.05) is 23.6 Å². The van der Waals surface area contributed by atoms with Gasteiger partial charge in [0.05, 0.1) is 14.2 Å². The lowest BCUT2D eigenvalue weighted by molar-refractivity contribution is -0.154. The molecule has 0 spiro atoms. The van der Waals surface area contributed by atoms with Crippen molar-refractivity contribution in [2.45, 2.75) is 38.8 Å². The number of nitrogens with one attached hydrogen (secondary N) is 1. The number of hydrogen-bond acceptors (Lipinski definition) is 6. The first kappa shape index (κ1) is 20.8. The highest BCUT2D eigenvalue weighted by Crippen LogP contribution is 2.27. The van der Waals surface area contributed by atoms with E-state index < -0.39 is 6.10 Å². The van der Waals surface area contributed by atoms with Crippen LogP contribution in [0.1, 0.15) is 30.2 Å². The van der Waals surface area contributed by atoms with Crippen LogP contribution in [-0.2, 0) is 27.3 Å². The van der Waals surface area contributed by atoms with E-state index in [1.165, 1.54) is 4.88 Å². The van der Waals surface area contributed by atoms with Gasteiger partial charge in [-0.1, -0.05) is 12.1 Å². The van der Waals surface area contributed by atoms with Crippen LogP contribution < -0.4 is 14.8 Å². The van der Waals surface area contributed by atoms with Gasteiger partial charge in [-0.3, -0.25) is 9.59 Å². The van der Waals surface area contributed by atoms with Crippen molar-refractivity contribution in [3.63, 3.8) is 0 Å². The Hall–Kier alpha value is -2.54. The predicted molar refractivity (Wildman–Crippen MR) is 104 cm³/mol. The molecule has 0 unspecified atom stereocenters. The summed E-state index contributed by atoms with van der Waals surface area (Å²) in [5.41, 5.74) is 0.857. The van der Waals surface area contributed by atoms with Crippen molar-refractivity contribution in [2.75, 3.05) is 14.2 Å². The fraction of sp³-hybridized carbons (Fsp3) is 0.400. The Morgan fingerprint density at radius 2 is 1.93 bits per heavy atom. The first-order chi connectivity index (χ1) is 13.0. The van der Waals surface area contributed by atoms with Crippen LogP contribution in [0.5, 0.6) is 11.5 Å². The number of thiophene rings is 1. The third kappa shape index (κ3) is 6.60. The average Bonchev–Trinajstić information content (AvgIpc) is 3.19. The molecule has 1 aromatic heterocycles. The molecule has 6 nitrogen and oxygen atoms in total. The fourth-order valence-corrected chi connectivity index (χ4v) is 3.25. The summed E-state index contributed by atoms with van der Waals surface area (Å²) >= 11 is 1.67. The molecule has 0 aliphatic carbocycles. The maximum absolute atomic E-state index is 12.1. The number of rotatable bonds is 10. The first-order valence-electron chi connectivity index (χ1n) is 8.74. The topological polar surface area (TPSA) is 73.9 Å². The van der Waals surface area contributed by atoms with Crippen LogP contribution in [-0.4, -0.2) is 32.2 Å². The summed E-state index contributed by atoms with van der Waals surface area (Å²) in [5, 5.41) is 4.77. The number of aryl methyl sites for hydroxylation is 1. The SMILES string of the molecule is COc1ccc(CNC(=O)[C@@H](C)OC(=O)CCCc2cccs2)cc1OC. The molecular formula is C20H25NO5S. The molecular weight excluding hydrogens is 366 g/mol. The Balaban J connectivity index is 1.73. The second-order valence-corrected chi connectivity index (χ2v) is 7.00. The molecule has 1 N–H and O–H groups in total. The molecule has 0 aliphatic rings. The molecule has 1 heterocycles. The summed E-state index contributed by atoms with van der Waals surface area (Å²) in [5.74, 6) is 0.517. The molecule has 0 fully saturated rings. The van der Waals surface area contributed by atoms with Gasteiger partial charge in [-0.05, 0) is 48.9 Å². The fourth-order valence-electron chi connectivity index (χ4n) is 2.49. The van der Waals surface area contributed by atoms with E-state index in [0.717, 1.165) is 12.0 Å². The molecule has 1 amide bonds. The molecule has 2 aromatic rings. The van der Waals surface area contributed by atoms with E-state index >= 15 is 0 Å². The number of benzene rings is 1. The minimum absolute atomic E-state index is 0.297. The highest BCUT2D eigenvalue weighted by Gasteiger charge is 2.17. The number of esters is 1. The summed E-state index contributed by atoms with van der Waals surface area (Å²) in [4.78, 5) is 25.3. The summed E-state index contributed by atoms with van der Waals surface area (Å²) in [6, 6.07) is 9.43. The molecule has 0 radical (unpaired) electrons. The molecule has 2 rings (SSSR count). The van der Waals surface area contributed by atoms with Crippen molar-refractivity contribution in [3.05, 3.63) is 46.2 Å². The van der Waals surface area contributed by atoms with E-state index in [9.17, 15) is 9.59 Å². The van der Waals surface area contributed by atoms with E-state index in [0.29, 0.717) is 30.9 Å². The van der Waals surface area contributed by atoms with Crippen molar-refractivity contribution in [2.24, 2.45) is 0 Å². The van der Waals surface area contributed by atoms with Crippen LogP contribution in [0.2, 0.25) is 0 Å². The van der Waals surface area contributed by atoms with Crippen molar-refractivity contribution in [3.8, 4) is 11.5 Å². The Morgan fingerprint density at radius 3 is 2.59 bits per heavy atom. The van der Waals surface area contributed by atoms with Crippen molar-refractivity contribution in [1.82, 2.24) is 5.32 Å². The second kappa shape index (κ2) is 10.6. The van der Waals surface area contributed by atoms with Gasteiger partial charge in [-0.15, -0.1) is 11.3 Å². The van der Waals surface area contributed by atoms with Crippen LogP contribution in [0.25, 0.3) is 0 Å². The summed E-state index contributed by atoms with van der Waals surface area (Å²) in [6.07, 6.45) is 1.01. The molecule has 0 aliphatic heterocycles. The largest absolute Gasteiger partial charge is 0.493 e. The molecule has 0 saturated carbocycles. The first-order valence-corrected chi connectivity index (χ1v) is 9.62. The summed E-state index contributed by atoms with van der Waals surface area (Å²) in [6.45, 7) is 1.88. The molecule has 7 heteroatoms. The minimum Gasteiger partial charge on any atom is -0.493 e. The number of hydrogen-bond donors (Lipinski definition) is 1. The minimum atomic E-state index is -0.834. The third-order valence-electron chi connectivity index (χ3n) is 3.98. The van der Waals surface area contributed by atoms with Gasteiger partial charge >= 0.3 is 5.97 Å². The van der Waals surface area contributed by atoms with Gasteiger partial charge in [0.25, 0.3) is 5.91 Å². The smallest absolute Gasteiger partial charge is 0.306 e. The number of amides is 1. The number of methoxy groups -OCH3 is 2. The normalized spacial score (nSPS) is 11.5. The van der Waals surface area contributed by atoms with Gasteiger partial charge in [0.1, 0.15) is 0 Å². The van der Waals surface area contributed by atoms with Crippen LogP contribution in [0, 0.1) is 0 Å². The Bertz CT molecular complexity index is 745. The van der Waals surface area contributed by atoms with Crippen LogP contribution in [0.15, 0.2) is 35.7 Å². The molecule has 146 valence electrons. The summed E-state index contributed by atoms with van der Waals surface area (Å²) < 4.78 is 15.6. The standard InChI is InChI=1S/C20H25NO5S/c1-14(26-19(22)8-4-6-16-7-5-11-27-16)20(23)21-13-15-9-10-17(24-2)18(12-15)25-3/h5,7,9-12,14H,4,6,8,13H2,1-3H3,(H,21,23)/t14-/m1/s1. The molecule has 0 bridgehead atoms. The Kier molecular flexibility index (Phi) is 8.13. The van der Waals surface area contributed by atoms with Gasteiger partial charge in [-0.2, -0.15) is 0 Å². The predicted octanol–water partition coefficient (Wildman–Crippen LogP) is 3.34. The maximum atomic E-state index is 12.1. The lowest BCUT2D eigenvalue weighted by Gasteiger charge is -2.14. The van der Waals surface area contributed by atoms with E-state index in [-0.39, 0.29) is 11.9 Å². The second-order valence-electron chi connectivity index (χ2n) is 5.97. The molecule has 0 saturated heterocycles. The average molecular weight is 391 g/mol. The zero-order chi connectivity index (χ0) is 19.6. The molecule has 1 aromatic carbocycles. The van der Waals surface area contributed by atoms with Crippen molar-refractivity contribution < 1.29 is 23.8 Å². The van der Waals surface area contributed by atoms with Gasteiger partial charge in [0.2, 0.25) is 0 Å². The lowest BCUT2D eigenvalue weighted by Crippen LogP contribution is -2.35. The van der Waals surface area contributed by atoms with E-state index in [2.05, 4.69) is 5.32 Å². The van der Waals surface area contributed by atoms with Gasteiger partial charge in [0.15, 0.2) is 17.6 Å². The van der Waals surface area contributed by atoms with Crippen molar-refractivity contribution in [1.29, 1.82) is 0 Å². The van der Waals surface area contributed by atoms with Gasteiger partial charge < -0.3 is 19.5 Å². The number of carbonyl (C=O) groups excluding carboxylic acids is 2. The number of ether oxygens (including phenoxy) is 3. The quantitative estimate of drug-likeness (QED) is 0.629. The zero-order valence-corrected chi connectivity index (χ0v) is 16.6. The zero-order valence-electron chi connectivity index (χ0n) is 15.8. The Morgan fingerprint density at radius 1 is 1.15 bits per heavy atom. The highest BCUT2D eigenvalue weighted by atomic mass is 32.1.